The third kappa shape index (κ3) is 3.29. The van der Waals surface area contributed by atoms with Crippen LogP contribution in [0.4, 0.5) is 4.39 Å². The van der Waals surface area contributed by atoms with Crippen LogP contribution in [0.25, 0.3) is 0 Å². The predicted molar refractivity (Wildman–Crippen MR) is 82.6 cm³/mol. The summed E-state index contributed by atoms with van der Waals surface area (Å²) in [6.45, 7) is 2.94. The highest BCUT2D eigenvalue weighted by Gasteiger charge is 2.44. The van der Waals surface area contributed by atoms with E-state index in [1.165, 1.54) is 31.7 Å². The van der Waals surface area contributed by atoms with E-state index >= 15 is 0 Å². The monoisotopic (exact) mass is 291 g/mol. The molecule has 2 aliphatic rings. The molecule has 0 radical (unpaired) electrons. The Balaban J connectivity index is 1.71. The van der Waals surface area contributed by atoms with E-state index in [0.29, 0.717) is 5.92 Å². The van der Waals surface area contributed by atoms with Gasteiger partial charge in [-0.2, -0.15) is 0 Å². The zero-order valence-corrected chi connectivity index (χ0v) is 12.9. The van der Waals surface area contributed by atoms with Crippen molar-refractivity contribution in [2.75, 3.05) is 6.61 Å². The zero-order valence-electron chi connectivity index (χ0n) is 12.9. The SMILES string of the molecule is CC(N)(Cc1cccc(F)c1)C1CCOC2(CCCC2)C1. The van der Waals surface area contributed by atoms with Crippen LogP contribution in [0.3, 0.4) is 0 Å². The number of hydrogen-bond donors (Lipinski definition) is 1. The third-order valence-electron chi connectivity index (χ3n) is 5.41. The van der Waals surface area contributed by atoms with Crippen LogP contribution < -0.4 is 5.73 Å². The third-order valence-corrected chi connectivity index (χ3v) is 5.41. The summed E-state index contributed by atoms with van der Waals surface area (Å²) >= 11 is 0. The van der Waals surface area contributed by atoms with Crippen LogP contribution in [0.15, 0.2) is 24.3 Å². The minimum Gasteiger partial charge on any atom is -0.375 e. The van der Waals surface area contributed by atoms with Gasteiger partial charge in [-0.3, -0.25) is 0 Å². The Morgan fingerprint density at radius 3 is 2.86 bits per heavy atom. The first-order valence-corrected chi connectivity index (χ1v) is 8.16. The molecule has 2 atom stereocenters. The van der Waals surface area contributed by atoms with Crippen molar-refractivity contribution in [3.8, 4) is 0 Å². The van der Waals surface area contributed by atoms with Gasteiger partial charge in [0, 0.05) is 12.1 Å². The maximum absolute atomic E-state index is 13.4. The van der Waals surface area contributed by atoms with Crippen molar-refractivity contribution in [3.63, 3.8) is 0 Å². The van der Waals surface area contributed by atoms with Gasteiger partial charge in [0.2, 0.25) is 0 Å². The quantitative estimate of drug-likeness (QED) is 0.918. The summed E-state index contributed by atoms with van der Waals surface area (Å²) in [6.07, 6.45) is 7.72. The number of halogens is 1. The second-order valence-corrected chi connectivity index (χ2v) is 7.24. The van der Waals surface area contributed by atoms with Gasteiger partial charge in [-0.15, -0.1) is 0 Å². The number of hydrogen-bond acceptors (Lipinski definition) is 2. The smallest absolute Gasteiger partial charge is 0.123 e. The van der Waals surface area contributed by atoms with Crippen molar-refractivity contribution in [2.45, 2.75) is 63.0 Å². The molecule has 0 amide bonds. The Hall–Kier alpha value is -0.930. The lowest BCUT2D eigenvalue weighted by molar-refractivity contribution is -0.103. The number of ether oxygens (including phenoxy) is 1. The normalized spacial score (nSPS) is 27.7. The molecular weight excluding hydrogens is 265 g/mol. The second kappa shape index (κ2) is 5.69. The van der Waals surface area contributed by atoms with E-state index in [9.17, 15) is 4.39 Å². The van der Waals surface area contributed by atoms with Gasteiger partial charge in [-0.25, -0.2) is 4.39 Å². The first kappa shape index (κ1) is 15.0. The lowest BCUT2D eigenvalue weighted by atomic mass is 9.72. The highest BCUT2D eigenvalue weighted by molar-refractivity contribution is 5.19. The topological polar surface area (TPSA) is 35.2 Å². The van der Waals surface area contributed by atoms with E-state index in [1.807, 2.05) is 6.07 Å². The Morgan fingerprint density at radius 2 is 2.14 bits per heavy atom. The molecule has 2 fully saturated rings. The molecule has 1 aliphatic carbocycles. The summed E-state index contributed by atoms with van der Waals surface area (Å²) in [5, 5.41) is 0. The van der Waals surface area contributed by atoms with E-state index < -0.39 is 0 Å². The van der Waals surface area contributed by atoms with Gasteiger partial charge >= 0.3 is 0 Å². The molecule has 116 valence electrons. The van der Waals surface area contributed by atoms with Gasteiger partial charge in [-0.05, 0) is 62.6 Å². The molecule has 21 heavy (non-hydrogen) atoms. The number of nitrogens with two attached hydrogens (primary N) is 1. The largest absolute Gasteiger partial charge is 0.375 e. The molecular formula is C18H26FNO. The summed E-state index contributed by atoms with van der Waals surface area (Å²) in [5.74, 6) is 0.273. The van der Waals surface area contributed by atoms with Crippen molar-refractivity contribution in [2.24, 2.45) is 11.7 Å². The average molecular weight is 291 g/mol. The minimum atomic E-state index is -0.298. The van der Waals surface area contributed by atoms with Crippen LogP contribution in [-0.2, 0) is 11.2 Å². The first-order chi connectivity index (χ1) is 9.99. The van der Waals surface area contributed by atoms with Gasteiger partial charge in [0.15, 0.2) is 0 Å². The van der Waals surface area contributed by atoms with E-state index in [-0.39, 0.29) is 17.0 Å². The Kier molecular flexibility index (Phi) is 4.06. The molecule has 1 saturated heterocycles. The highest BCUT2D eigenvalue weighted by atomic mass is 19.1. The standard InChI is InChI=1S/C18H26FNO/c1-17(20,12-14-5-4-6-16(19)11-14)15-7-10-21-18(13-15)8-2-3-9-18/h4-6,11,15H,2-3,7-10,12-13,20H2,1H3. The van der Waals surface area contributed by atoms with E-state index in [0.717, 1.165) is 31.4 Å². The fourth-order valence-corrected chi connectivity index (χ4v) is 4.19. The molecule has 1 saturated carbocycles. The van der Waals surface area contributed by atoms with Crippen molar-refractivity contribution in [3.05, 3.63) is 35.6 Å². The van der Waals surface area contributed by atoms with Crippen molar-refractivity contribution >= 4 is 0 Å². The van der Waals surface area contributed by atoms with Crippen LogP contribution in [0.5, 0.6) is 0 Å². The molecule has 2 N–H and O–H groups in total. The molecule has 3 rings (SSSR count). The van der Waals surface area contributed by atoms with Gasteiger partial charge in [0.05, 0.1) is 5.60 Å². The molecule has 1 aliphatic heterocycles. The average Bonchev–Trinajstić information content (AvgIpc) is 2.86. The Morgan fingerprint density at radius 1 is 1.38 bits per heavy atom. The van der Waals surface area contributed by atoms with Crippen LogP contribution in [0, 0.1) is 11.7 Å². The van der Waals surface area contributed by atoms with E-state index in [2.05, 4.69) is 6.92 Å². The number of benzene rings is 1. The summed E-state index contributed by atoms with van der Waals surface area (Å²) in [4.78, 5) is 0. The molecule has 2 unspecified atom stereocenters. The van der Waals surface area contributed by atoms with Crippen LogP contribution in [0.1, 0.15) is 51.0 Å². The first-order valence-electron chi connectivity index (χ1n) is 8.16. The second-order valence-electron chi connectivity index (χ2n) is 7.24. The molecule has 1 aromatic rings. The van der Waals surface area contributed by atoms with Crippen LogP contribution in [-0.4, -0.2) is 17.7 Å². The molecule has 1 heterocycles. The van der Waals surface area contributed by atoms with Crippen LogP contribution in [0.2, 0.25) is 0 Å². The van der Waals surface area contributed by atoms with E-state index in [1.54, 1.807) is 12.1 Å². The van der Waals surface area contributed by atoms with Gasteiger partial charge in [0.25, 0.3) is 0 Å². The maximum atomic E-state index is 13.4. The van der Waals surface area contributed by atoms with E-state index in [4.69, 9.17) is 10.5 Å². The number of rotatable bonds is 3. The highest BCUT2D eigenvalue weighted by Crippen LogP contribution is 2.44. The minimum absolute atomic E-state index is 0.0888. The van der Waals surface area contributed by atoms with Gasteiger partial charge in [-0.1, -0.05) is 25.0 Å². The maximum Gasteiger partial charge on any atom is 0.123 e. The van der Waals surface area contributed by atoms with Crippen molar-refractivity contribution in [1.29, 1.82) is 0 Å². The molecule has 3 heteroatoms. The van der Waals surface area contributed by atoms with Crippen molar-refractivity contribution < 1.29 is 9.13 Å². The Labute approximate surface area is 126 Å². The molecule has 1 aromatic carbocycles. The summed E-state index contributed by atoms with van der Waals surface area (Å²) in [6, 6.07) is 6.83. The summed E-state index contributed by atoms with van der Waals surface area (Å²) < 4.78 is 19.5. The Bertz CT molecular complexity index is 494. The fourth-order valence-electron chi connectivity index (χ4n) is 4.19. The lowest BCUT2D eigenvalue weighted by Crippen LogP contribution is -2.52. The molecule has 0 aromatic heterocycles. The molecule has 2 nitrogen and oxygen atoms in total. The van der Waals surface area contributed by atoms with Gasteiger partial charge in [0.1, 0.15) is 5.82 Å². The van der Waals surface area contributed by atoms with Crippen LogP contribution >= 0.6 is 0 Å². The lowest BCUT2D eigenvalue weighted by Gasteiger charge is -2.45. The zero-order chi connectivity index (χ0) is 14.9. The van der Waals surface area contributed by atoms with Gasteiger partial charge < -0.3 is 10.5 Å². The summed E-state index contributed by atoms with van der Waals surface area (Å²) in [5.41, 5.74) is 7.43. The molecule has 0 bridgehead atoms. The molecule has 1 spiro atoms. The van der Waals surface area contributed by atoms with Crippen molar-refractivity contribution in [1.82, 2.24) is 0 Å². The fraction of sp³-hybridized carbons (Fsp3) is 0.667. The summed E-state index contributed by atoms with van der Waals surface area (Å²) in [7, 11) is 0. The predicted octanol–water partition coefficient (Wildman–Crippen LogP) is 3.83.